The highest BCUT2D eigenvalue weighted by atomic mass is 32.1. The van der Waals surface area contributed by atoms with Crippen molar-refractivity contribution in [1.82, 2.24) is 5.32 Å². The molecule has 0 spiro atoms. The Kier molecular flexibility index (Phi) is 4.40. The van der Waals surface area contributed by atoms with Crippen LogP contribution in [-0.4, -0.2) is 25.7 Å². The highest BCUT2D eigenvalue weighted by Crippen LogP contribution is 2.30. The fourth-order valence-corrected chi connectivity index (χ4v) is 2.93. The Hall–Kier alpha value is -2.01. The zero-order valence-electron chi connectivity index (χ0n) is 11.6. The number of hydrogen-bond acceptors (Lipinski definition) is 4. The van der Waals surface area contributed by atoms with Gasteiger partial charge >= 0.3 is 0 Å². The van der Waals surface area contributed by atoms with Crippen molar-refractivity contribution in [1.29, 1.82) is 0 Å². The monoisotopic (exact) mass is 303 g/mol. The molecule has 1 aliphatic heterocycles. The number of hydrogen-bond donors (Lipinski definition) is 1. The Balaban J connectivity index is 1.48. The lowest BCUT2D eigenvalue weighted by molar-refractivity contribution is -0.120. The van der Waals surface area contributed by atoms with E-state index in [-0.39, 0.29) is 5.91 Å². The Morgan fingerprint density at radius 3 is 2.86 bits per heavy atom. The number of carbonyl (C=O) groups is 1. The molecule has 1 aromatic heterocycles. The summed E-state index contributed by atoms with van der Waals surface area (Å²) in [5.41, 5.74) is 1.13. The van der Waals surface area contributed by atoms with Crippen LogP contribution in [0.5, 0.6) is 11.5 Å². The molecule has 0 saturated carbocycles. The summed E-state index contributed by atoms with van der Waals surface area (Å²) in [6.07, 6.45) is 1.24. The quantitative estimate of drug-likeness (QED) is 0.923. The number of nitrogens with one attached hydrogen (secondary N) is 1. The number of ether oxygens (including phenoxy) is 2. The van der Waals surface area contributed by atoms with Crippen LogP contribution < -0.4 is 14.8 Å². The number of fused-ring (bicyclic) bond motifs is 1. The third kappa shape index (κ3) is 3.76. The molecule has 1 N–H and O–H groups in total. The Morgan fingerprint density at radius 2 is 2.05 bits per heavy atom. The van der Waals surface area contributed by atoms with Gasteiger partial charge in [0.25, 0.3) is 0 Å². The van der Waals surface area contributed by atoms with Gasteiger partial charge in [-0.05, 0) is 35.6 Å². The van der Waals surface area contributed by atoms with E-state index in [0.29, 0.717) is 26.2 Å². The summed E-state index contributed by atoms with van der Waals surface area (Å²) in [5, 5.41) is 4.93. The van der Waals surface area contributed by atoms with Gasteiger partial charge in [-0.15, -0.1) is 11.3 Å². The van der Waals surface area contributed by atoms with E-state index in [0.717, 1.165) is 28.4 Å². The lowest BCUT2D eigenvalue weighted by Crippen LogP contribution is -2.27. The number of thiophene rings is 1. The second-order valence-electron chi connectivity index (χ2n) is 4.83. The van der Waals surface area contributed by atoms with Crippen molar-refractivity contribution in [3.8, 4) is 11.5 Å². The Bertz CT molecular complexity index is 610. The molecule has 2 aromatic rings. The Labute approximate surface area is 127 Å². The predicted molar refractivity (Wildman–Crippen MR) is 82.2 cm³/mol. The summed E-state index contributed by atoms with van der Waals surface area (Å²) in [5.74, 6) is 1.66. The molecule has 3 rings (SSSR count). The third-order valence-corrected chi connectivity index (χ3v) is 4.13. The van der Waals surface area contributed by atoms with Gasteiger partial charge in [0.1, 0.15) is 13.2 Å². The van der Waals surface area contributed by atoms with Crippen LogP contribution in [0, 0.1) is 0 Å². The van der Waals surface area contributed by atoms with E-state index in [1.54, 1.807) is 11.3 Å². The van der Waals surface area contributed by atoms with Gasteiger partial charge in [0, 0.05) is 11.4 Å². The average Bonchev–Trinajstić information content (AvgIpc) is 3.00. The molecule has 0 unspecified atom stereocenters. The largest absolute Gasteiger partial charge is 0.486 e. The van der Waals surface area contributed by atoms with Crippen LogP contribution in [0.4, 0.5) is 0 Å². The summed E-state index contributed by atoms with van der Waals surface area (Å²) in [6, 6.07) is 9.86. The van der Waals surface area contributed by atoms with Crippen molar-refractivity contribution in [2.45, 2.75) is 12.8 Å². The van der Waals surface area contributed by atoms with Crippen LogP contribution in [0.25, 0.3) is 0 Å². The van der Waals surface area contributed by atoms with Gasteiger partial charge in [-0.1, -0.05) is 12.1 Å². The van der Waals surface area contributed by atoms with Crippen LogP contribution in [0.15, 0.2) is 35.7 Å². The molecule has 0 radical (unpaired) electrons. The topological polar surface area (TPSA) is 47.6 Å². The summed E-state index contributed by atoms with van der Waals surface area (Å²) >= 11 is 1.61. The smallest absolute Gasteiger partial charge is 0.225 e. The minimum absolute atomic E-state index is 0.0648. The first-order chi connectivity index (χ1) is 10.3. The van der Waals surface area contributed by atoms with E-state index in [1.807, 2.05) is 35.7 Å². The number of carbonyl (C=O) groups excluding carboxylic acids is 1. The highest BCUT2D eigenvalue weighted by Gasteiger charge is 2.11. The normalized spacial score (nSPS) is 13.0. The minimum Gasteiger partial charge on any atom is -0.486 e. The molecule has 0 bridgehead atoms. The van der Waals surface area contributed by atoms with Crippen molar-refractivity contribution in [2.75, 3.05) is 19.8 Å². The van der Waals surface area contributed by atoms with Gasteiger partial charge in [-0.2, -0.15) is 0 Å². The molecule has 1 amide bonds. The molecule has 0 fully saturated rings. The molecule has 0 atom stereocenters. The van der Waals surface area contributed by atoms with Crippen LogP contribution >= 0.6 is 11.3 Å². The molecule has 1 aromatic carbocycles. The van der Waals surface area contributed by atoms with Gasteiger partial charge in [-0.25, -0.2) is 0 Å². The SMILES string of the molecule is O=C(Cc1cccs1)NCCc1ccc2c(c1)OCCO2. The molecule has 1 aliphatic rings. The predicted octanol–water partition coefficient (Wildman–Crippen LogP) is 2.42. The van der Waals surface area contributed by atoms with E-state index in [9.17, 15) is 4.79 Å². The first-order valence-corrected chi connectivity index (χ1v) is 7.87. The molecule has 0 aliphatic carbocycles. The van der Waals surface area contributed by atoms with Crippen molar-refractivity contribution in [2.24, 2.45) is 0 Å². The summed E-state index contributed by atoms with van der Waals surface area (Å²) < 4.78 is 11.0. The van der Waals surface area contributed by atoms with Crippen molar-refractivity contribution in [3.63, 3.8) is 0 Å². The zero-order chi connectivity index (χ0) is 14.5. The summed E-state index contributed by atoms with van der Waals surface area (Å²) in [7, 11) is 0. The van der Waals surface area contributed by atoms with E-state index in [1.165, 1.54) is 0 Å². The fourth-order valence-electron chi connectivity index (χ4n) is 2.22. The molecule has 21 heavy (non-hydrogen) atoms. The minimum atomic E-state index is 0.0648. The second-order valence-corrected chi connectivity index (χ2v) is 5.87. The number of benzene rings is 1. The number of rotatable bonds is 5. The molecule has 2 heterocycles. The molecule has 4 nitrogen and oxygen atoms in total. The summed E-state index contributed by atoms with van der Waals surface area (Å²) in [6.45, 7) is 1.82. The van der Waals surface area contributed by atoms with Gasteiger partial charge in [-0.3, -0.25) is 4.79 Å². The van der Waals surface area contributed by atoms with E-state index >= 15 is 0 Å². The van der Waals surface area contributed by atoms with Crippen molar-refractivity contribution >= 4 is 17.2 Å². The third-order valence-electron chi connectivity index (χ3n) is 3.26. The maximum atomic E-state index is 11.8. The first-order valence-electron chi connectivity index (χ1n) is 6.99. The molecule has 110 valence electrons. The average molecular weight is 303 g/mol. The number of amides is 1. The molecule has 5 heteroatoms. The van der Waals surface area contributed by atoms with E-state index in [2.05, 4.69) is 5.32 Å². The lowest BCUT2D eigenvalue weighted by Gasteiger charge is -2.18. The van der Waals surface area contributed by atoms with Crippen molar-refractivity contribution < 1.29 is 14.3 Å². The molecular formula is C16H17NO3S. The van der Waals surface area contributed by atoms with Crippen LogP contribution in [0.3, 0.4) is 0 Å². The highest BCUT2D eigenvalue weighted by molar-refractivity contribution is 7.10. The van der Waals surface area contributed by atoms with Crippen LogP contribution in [0.1, 0.15) is 10.4 Å². The van der Waals surface area contributed by atoms with Crippen LogP contribution in [0.2, 0.25) is 0 Å². The van der Waals surface area contributed by atoms with Gasteiger partial charge in [0.05, 0.1) is 6.42 Å². The van der Waals surface area contributed by atoms with Gasteiger partial charge < -0.3 is 14.8 Å². The maximum absolute atomic E-state index is 11.8. The lowest BCUT2D eigenvalue weighted by atomic mass is 10.1. The fraction of sp³-hybridized carbons (Fsp3) is 0.312. The molecular weight excluding hydrogens is 286 g/mol. The van der Waals surface area contributed by atoms with E-state index in [4.69, 9.17) is 9.47 Å². The first kappa shape index (κ1) is 13.9. The van der Waals surface area contributed by atoms with Crippen LogP contribution in [-0.2, 0) is 17.6 Å². The Morgan fingerprint density at radius 1 is 1.19 bits per heavy atom. The van der Waals surface area contributed by atoms with Crippen molar-refractivity contribution in [3.05, 3.63) is 46.2 Å². The molecule has 0 saturated heterocycles. The standard InChI is InChI=1S/C16H17NO3S/c18-16(11-13-2-1-9-21-13)17-6-5-12-3-4-14-15(10-12)20-8-7-19-14/h1-4,9-10H,5-8,11H2,(H,17,18). The van der Waals surface area contributed by atoms with E-state index < -0.39 is 0 Å². The summed E-state index contributed by atoms with van der Waals surface area (Å²) in [4.78, 5) is 12.9. The maximum Gasteiger partial charge on any atom is 0.225 e. The van der Waals surface area contributed by atoms with Gasteiger partial charge in [0.15, 0.2) is 11.5 Å². The second kappa shape index (κ2) is 6.63. The zero-order valence-corrected chi connectivity index (χ0v) is 12.4. The van der Waals surface area contributed by atoms with Gasteiger partial charge in [0.2, 0.25) is 5.91 Å².